The number of allylic oxidation sites excluding steroid dienone is 1. The number of piperidine rings is 1. The van der Waals surface area contributed by atoms with Crippen LogP contribution in [-0.2, 0) is 4.79 Å². The Kier molecular flexibility index (Phi) is 5.36. The number of hydrogen-bond donors (Lipinski definition) is 1. The van der Waals surface area contributed by atoms with Gasteiger partial charge in [0, 0.05) is 18.7 Å². The standard InChI is InChI=1S/C18H23NO3/c1-13(6-9-17(20)21)15-7-8-16(14(2)12-15)18(22)19-10-4-3-5-11-19/h6-8,12H,3-5,9-11H2,1-2H3,(H,20,21)/b13-6+. The number of amides is 1. The highest BCUT2D eigenvalue weighted by Gasteiger charge is 2.19. The van der Waals surface area contributed by atoms with Crippen LogP contribution in [0.25, 0.3) is 5.57 Å². The first kappa shape index (κ1) is 16.3. The predicted molar refractivity (Wildman–Crippen MR) is 86.8 cm³/mol. The fourth-order valence-corrected chi connectivity index (χ4v) is 2.77. The summed E-state index contributed by atoms with van der Waals surface area (Å²) in [4.78, 5) is 25.1. The summed E-state index contributed by atoms with van der Waals surface area (Å²) in [6.45, 7) is 5.52. The van der Waals surface area contributed by atoms with Crippen molar-refractivity contribution in [3.05, 3.63) is 41.0 Å². The Morgan fingerprint density at radius 1 is 1.23 bits per heavy atom. The molecule has 22 heavy (non-hydrogen) atoms. The van der Waals surface area contributed by atoms with E-state index in [1.165, 1.54) is 6.42 Å². The molecule has 0 aliphatic carbocycles. The third-order valence-corrected chi connectivity index (χ3v) is 4.14. The molecule has 4 nitrogen and oxygen atoms in total. The van der Waals surface area contributed by atoms with Crippen molar-refractivity contribution in [2.45, 2.75) is 39.5 Å². The number of rotatable bonds is 4. The molecule has 0 atom stereocenters. The molecule has 0 bridgehead atoms. The summed E-state index contributed by atoms with van der Waals surface area (Å²) < 4.78 is 0. The molecule has 1 amide bonds. The molecule has 1 saturated heterocycles. The molecule has 1 aliphatic rings. The van der Waals surface area contributed by atoms with E-state index in [9.17, 15) is 9.59 Å². The molecule has 1 N–H and O–H groups in total. The molecule has 1 heterocycles. The first-order chi connectivity index (χ1) is 10.5. The molecular formula is C18H23NO3. The molecule has 0 unspecified atom stereocenters. The molecule has 1 fully saturated rings. The summed E-state index contributed by atoms with van der Waals surface area (Å²) in [6, 6.07) is 5.72. The van der Waals surface area contributed by atoms with Gasteiger partial charge in [0.1, 0.15) is 0 Å². The average molecular weight is 301 g/mol. The van der Waals surface area contributed by atoms with Crippen molar-refractivity contribution in [2.24, 2.45) is 0 Å². The predicted octanol–water partition coefficient (Wildman–Crippen LogP) is 3.50. The Morgan fingerprint density at radius 2 is 1.91 bits per heavy atom. The molecule has 118 valence electrons. The monoisotopic (exact) mass is 301 g/mol. The van der Waals surface area contributed by atoms with E-state index in [1.54, 1.807) is 6.08 Å². The van der Waals surface area contributed by atoms with Crippen LogP contribution in [0.5, 0.6) is 0 Å². The summed E-state index contributed by atoms with van der Waals surface area (Å²) in [6.07, 6.45) is 5.08. The lowest BCUT2D eigenvalue weighted by Crippen LogP contribution is -2.35. The molecule has 0 radical (unpaired) electrons. The van der Waals surface area contributed by atoms with Gasteiger partial charge in [0.15, 0.2) is 0 Å². The number of aliphatic carboxylic acids is 1. The number of carbonyl (C=O) groups excluding carboxylic acids is 1. The van der Waals surface area contributed by atoms with Gasteiger partial charge in [-0.05, 0) is 55.9 Å². The SMILES string of the molecule is C/C(=C\CC(=O)O)c1ccc(C(=O)N2CCCCC2)c(C)c1. The van der Waals surface area contributed by atoms with Crippen LogP contribution in [0.15, 0.2) is 24.3 Å². The van der Waals surface area contributed by atoms with E-state index in [0.29, 0.717) is 0 Å². The summed E-state index contributed by atoms with van der Waals surface area (Å²) in [5.74, 6) is -0.733. The summed E-state index contributed by atoms with van der Waals surface area (Å²) in [5, 5.41) is 8.73. The number of likely N-dealkylation sites (tertiary alicyclic amines) is 1. The Hall–Kier alpha value is -2.10. The van der Waals surface area contributed by atoms with Gasteiger partial charge in [-0.3, -0.25) is 9.59 Å². The van der Waals surface area contributed by atoms with Crippen molar-refractivity contribution in [1.82, 2.24) is 4.90 Å². The van der Waals surface area contributed by atoms with Gasteiger partial charge in [0.2, 0.25) is 0 Å². The number of benzene rings is 1. The smallest absolute Gasteiger partial charge is 0.307 e. The Bertz CT molecular complexity index is 598. The molecule has 4 heteroatoms. The van der Waals surface area contributed by atoms with E-state index >= 15 is 0 Å². The van der Waals surface area contributed by atoms with E-state index in [2.05, 4.69) is 0 Å². The van der Waals surface area contributed by atoms with Gasteiger partial charge in [0.05, 0.1) is 6.42 Å². The van der Waals surface area contributed by atoms with E-state index in [4.69, 9.17) is 5.11 Å². The van der Waals surface area contributed by atoms with Crippen LogP contribution in [0.2, 0.25) is 0 Å². The van der Waals surface area contributed by atoms with Gasteiger partial charge in [-0.1, -0.05) is 18.2 Å². The van der Waals surface area contributed by atoms with Crippen LogP contribution < -0.4 is 0 Å². The lowest BCUT2D eigenvalue weighted by molar-refractivity contribution is -0.135. The third-order valence-electron chi connectivity index (χ3n) is 4.14. The molecule has 0 aromatic heterocycles. The van der Waals surface area contributed by atoms with Crippen molar-refractivity contribution < 1.29 is 14.7 Å². The van der Waals surface area contributed by atoms with Gasteiger partial charge in [-0.2, -0.15) is 0 Å². The van der Waals surface area contributed by atoms with Gasteiger partial charge < -0.3 is 10.0 Å². The fourth-order valence-electron chi connectivity index (χ4n) is 2.77. The average Bonchev–Trinajstić information content (AvgIpc) is 2.52. The third kappa shape index (κ3) is 3.97. The van der Waals surface area contributed by atoms with Crippen LogP contribution in [0, 0.1) is 6.92 Å². The highest BCUT2D eigenvalue weighted by Crippen LogP contribution is 2.21. The molecule has 2 rings (SSSR count). The maximum atomic E-state index is 12.6. The minimum Gasteiger partial charge on any atom is -0.481 e. The van der Waals surface area contributed by atoms with Crippen molar-refractivity contribution in [2.75, 3.05) is 13.1 Å². The second kappa shape index (κ2) is 7.25. The molecular weight excluding hydrogens is 278 g/mol. The normalized spacial score (nSPS) is 15.7. The number of carbonyl (C=O) groups is 2. The minimum atomic E-state index is -0.840. The Balaban J connectivity index is 2.17. The zero-order valence-corrected chi connectivity index (χ0v) is 13.3. The minimum absolute atomic E-state index is 0.0132. The van der Waals surface area contributed by atoms with Crippen LogP contribution in [0.4, 0.5) is 0 Å². The molecule has 1 aromatic carbocycles. The lowest BCUT2D eigenvalue weighted by Gasteiger charge is -2.27. The lowest BCUT2D eigenvalue weighted by atomic mass is 9.98. The molecule has 1 aliphatic heterocycles. The van der Waals surface area contributed by atoms with E-state index in [0.717, 1.165) is 48.2 Å². The van der Waals surface area contributed by atoms with Crippen molar-refractivity contribution in [3.8, 4) is 0 Å². The van der Waals surface area contributed by atoms with Crippen LogP contribution >= 0.6 is 0 Å². The van der Waals surface area contributed by atoms with E-state index in [-0.39, 0.29) is 12.3 Å². The highest BCUT2D eigenvalue weighted by molar-refractivity contribution is 5.96. The maximum Gasteiger partial charge on any atom is 0.307 e. The zero-order chi connectivity index (χ0) is 16.1. The topological polar surface area (TPSA) is 57.6 Å². The van der Waals surface area contributed by atoms with Gasteiger partial charge in [-0.25, -0.2) is 0 Å². The highest BCUT2D eigenvalue weighted by atomic mass is 16.4. The summed E-state index contributed by atoms with van der Waals surface area (Å²) >= 11 is 0. The van der Waals surface area contributed by atoms with E-state index < -0.39 is 5.97 Å². The molecule has 0 saturated carbocycles. The van der Waals surface area contributed by atoms with E-state index in [1.807, 2.05) is 36.9 Å². The zero-order valence-electron chi connectivity index (χ0n) is 13.3. The molecule has 0 spiro atoms. The van der Waals surface area contributed by atoms with Crippen LogP contribution in [0.3, 0.4) is 0 Å². The number of carboxylic acids is 1. The van der Waals surface area contributed by atoms with Gasteiger partial charge >= 0.3 is 5.97 Å². The number of nitrogens with zero attached hydrogens (tertiary/aromatic N) is 1. The van der Waals surface area contributed by atoms with Crippen molar-refractivity contribution in [3.63, 3.8) is 0 Å². The summed E-state index contributed by atoms with van der Waals surface area (Å²) in [5.41, 5.74) is 3.57. The number of carboxylic acid groups (broad SMARTS) is 1. The summed E-state index contributed by atoms with van der Waals surface area (Å²) in [7, 11) is 0. The van der Waals surface area contributed by atoms with Gasteiger partial charge in [-0.15, -0.1) is 0 Å². The second-order valence-electron chi connectivity index (χ2n) is 5.87. The Morgan fingerprint density at radius 3 is 2.50 bits per heavy atom. The molecule has 1 aromatic rings. The van der Waals surface area contributed by atoms with Crippen LogP contribution in [-0.4, -0.2) is 35.0 Å². The van der Waals surface area contributed by atoms with Crippen molar-refractivity contribution >= 4 is 17.4 Å². The maximum absolute atomic E-state index is 12.6. The largest absolute Gasteiger partial charge is 0.481 e. The first-order valence-corrected chi connectivity index (χ1v) is 7.78. The number of hydrogen-bond acceptors (Lipinski definition) is 2. The Labute approximate surface area is 131 Å². The fraction of sp³-hybridized carbons (Fsp3) is 0.444. The van der Waals surface area contributed by atoms with Crippen LogP contribution in [0.1, 0.15) is 54.1 Å². The first-order valence-electron chi connectivity index (χ1n) is 7.78. The quantitative estimate of drug-likeness (QED) is 0.926. The number of aryl methyl sites for hydroxylation is 1. The van der Waals surface area contributed by atoms with Crippen molar-refractivity contribution in [1.29, 1.82) is 0 Å². The van der Waals surface area contributed by atoms with Gasteiger partial charge in [0.25, 0.3) is 5.91 Å². The second-order valence-corrected chi connectivity index (χ2v) is 5.87.